The third-order valence-electron chi connectivity index (χ3n) is 2.96. The Morgan fingerprint density at radius 3 is 2.79 bits per heavy atom. The van der Waals surface area contributed by atoms with E-state index in [2.05, 4.69) is 5.32 Å². The van der Waals surface area contributed by atoms with Crippen molar-refractivity contribution in [2.24, 2.45) is 0 Å². The van der Waals surface area contributed by atoms with Crippen LogP contribution in [0.25, 0.3) is 0 Å². The van der Waals surface area contributed by atoms with Crippen molar-refractivity contribution in [2.45, 2.75) is 12.0 Å². The molecule has 0 saturated carbocycles. The molecule has 1 amide bonds. The number of aliphatic carboxylic acids is 1. The Hall–Kier alpha value is -1.27. The first-order chi connectivity index (χ1) is 8.94. The number of carbonyl (C=O) groups is 2. The molecule has 1 saturated heterocycles. The zero-order chi connectivity index (χ0) is 14.0. The average Bonchev–Trinajstić information content (AvgIpc) is 2.82. The van der Waals surface area contributed by atoms with Crippen LogP contribution in [0, 0.1) is 5.82 Å². The smallest absolute Gasteiger partial charge is 0.330 e. The lowest BCUT2D eigenvalue weighted by atomic mass is 9.98. The Morgan fingerprint density at radius 2 is 2.21 bits per heavy atom. The van der Waals surface area contributed by atoms with Gasteiger partial charge in [-0.25, -0.2) is 9.18 Å². The lowest BCUT2D eigenvalue weighted by molar-refractivity contribution is -0.143. The molecule has 1 aliphatic rings. The van der Waals surface area contributed by atoms with Crippen molar-refractivity contribution in [1.82, 2.24) is 5.32 Å². The number of hydrogen-bond acceptors (Lipinski definition) is 3. The summed E-state index contributed by atoms with van der Waals surface area (Å²) in [7, 11) is 0. The van der Waals surface area contributed by atoms with Crippen molar-refractivity contribution in [3.63, 3.8) is 0 Å². The average molecular weight is 304 g/mol. The van der Waals surface area contributed by atoms with E-state index in [1.54, 1.807) is 0 Å². The zero-order valence-corrected chi connectivity index (χ0v) is 11.4. The van der Waals surface area contributed by atoms with E-state index in [-0.39, 0.29) is 16.3 Å². The van der Waals surface area contributed by atoms with E-state index in [1.165, 1.54) is 23.9 Å². The fourth-order valence-corrected chi connectivity index (χ4v) is 3.34. The molecule has 1 aromatic carbocycles. The fourth-order valence-electron chi connectivity index (χ4n) is 1.84. The standard InChI is InChI=1S/C12H11ClFNO3S/c13-7-1-2-9(14)8(5-7)10(16)15-12(11(17)18)3-4-19-6-12/h1-2,5H,3-4,6H2,(H,15,16)(H,17,18)/t12-/m1/s1. The number of nitrogens with one attached hydrogen (secondary N) is 1. The normalized spacial score (nSPS) is 22.2. The minimum atomic E-state index is -1.32. The van der Waals surface area contributed by atoms with Crippen LogP contribution in [0.3, 0.4) is 0 Å². The molecule has 0 spiro atoms. The Balaban J connectivity index is 2.25. The molecule has 2 N–H and O–H groups in total. The van der Waals surface area contributed by atoms with Gasteiger partial charge in [0.1, 0.15) is 11.4 Å². The highest BCUT2D eigenvalue weighted by atomic mass is 35.5. The molecule has 1 aliphatic heterocycles. The van der Waals surface area contributed by atoms with Crippen molar-refractivity contribution in [1.29, 1.82) is 0 Å². The van der Waals surface area contributed by atoms with E-state index in [1.807, 2.05) is 0 Å². The maximum atomic E-state index is 13.5. The molecule has 1 heterocycles. The van der Waals surface area contributed by atoms with Crippen LogP contribution in [0.5, 0.6) is 0 Å². The van der Waals surface area contributed by atoms with Gasteiger partial charge in [0.2, 0.25) is 0 Å². The van der Waals surface area contributed by atoms with Crippen molar-refractivity contribution >= 4 is 35.2 Å². The summed E-state index contributed by atoms with van der Waals surface area (Å²) in [6.07, 6.45) is 0.320. The van der Waals surface area contributed by atoms with Gasteiger partial charge in [-0.2, -0.15) is 11.8 Å². The van der Waals surface area contributed by atoms with Gasteiger partial charge in [-0.1, -0.05) is 11.6 Å². The summed E-state index contributed by atoms with van der Waals surface area (Å²) in [6.45, 7) is 0. The van der Waals surface area contributed by atoms with Crippen LogP contribution in [0.1, 0.15) is 16.8 Å². The van der Waals surface area contributed by atoms with Crippen LogP contribution in [0.2, 0.25) is 5.02 Å². The Morgan fingerprint density at radius 1 is 1.47 bits per heavy atom. The summed E-state index contributed by atoms with van der Waals surface area (Å²) in [5.41, 5.74) is -1.57. The van der Waals surface area contributed by atoms with Gasteiger partial charge in [0, 0.05) is 10.8 Å². The number of benzene rings is 1. The number of carboxylic acids is 1. The third-order valence-corrected chi connectivity index (χ3v) is 4.38. The van der Waals surface area contributed by atoms with Gasteiger partial charge < -0.3 is 10.4 Å². The molecule has 0 unspecified atom stereocenters. The van der Waals surface area contributed by atoms with E-state index in [9.17, 15) is 19.1 Å². The second-order valence-electron chi connectivity index (χ2n) is 4.27. The number of rotatable bonds is 3. The van der Waals surface area contributed by atoms with Gasteiger partial charge in [0.25, 0.3) is 5.91 Å². The van der Waals surface area contributed by atoms with E-state index in [4.69, 9.17) is 11.6 Å². The van der Waals surface area contributed by atoms with Crippen LogP contribution in [0.15, 0.2) is 18.2 Å². The van der Waals surface area contributed by atoms with E-state index < -0.39 is 23.2 Å². The van der Waals surface area contributed by atoms with Gasteiger partial charge in [0.05, 0.1) is 5.56 Å². The van der Waals surface area contributed by atoms with Crippen molar-refractivity contribution in [3.05, 3.63) is 34.6 Å². The molecule has 1 aromatic rings. The largest absolute Gasteiger partial charge is 0.479 e. The topological polar surface area (TPSA) is 66.4 Å². The number of carbonyl (C=O) groups excluding carboxylic acids is 1. The van der Waals surface area contributed by atoms with Gasteiger partial charge in [-0.15, -0.1) is 0 Å². The molecule has 2 rings (SSSR count). The quantitative estimate of drug-likeness (QED) is 0.898. The molecule has 102 valence electrons. The first kappa shape index (κ1) is 14.1. The van der Waals surface area contributed by atoms with Gasteiger partial charge in [0.15, 0.2) is 0 Å². The summed E-state index contributed by atoms with van der Waals surface area (Å²) in [5, 5.41) is 11.9. The molecule has 1 atom stereocenters. The Labute approximate surface area is 118 Å². The van der Waals surface area contributed by atoms with Crippen LogP contribution in [0.4, 0.5) is 4.39 Å². The highest BCUT2D eigenvalue weighted by molar-refractivity contribution is 7.99. The Kier molecular flexibility index (Phi) is 4.01. The molecule has 0 radical (unpaired) electrons. The summed E-state index contributed by atoms with van der Waals surface area (Å²) >= 11 is 7.15. The lowest BCUT2D eigenvalue weighted by Crippen LogP contribution is -2.54. The maximum absolute atomic E-state index is 13.5. The molecular formula is C12H11ClFNO3S. The van der Waals surface area contributed by atoms with Crippen molar-refractivity contribution < 1.29 is 19.1 Å². The highest BCUT2D eigenvalue weighted by Gasteiger charge is 2.43. The minimum Gasteiger partial charge on any atom is -0.479 e. The van der Waals surface area contributed by atoms with Gasteiger partial charge in [-0.3, -0.25) is 4.79 Å². The van der Waals surface area contributed by atoms with Crippen molar-refractivity contribution in [2.75, 3.05) is 11.5 Å². The van der Waals surface area contributed by atoms with Crippen molar-refractivity contribution in [3.8, 4) is 0 Å². The predicted octanol–water partition coefficient (Wildman–Crippen LogP) is 2.17. The molecular weight excluding hydrogens is 293 g/mol. The summed E-state index contributed by atoms with van der Waals surface area (Å²) in [4.78, 5) is 23.3. The second kappa shape index (κ2) is 5.38. The first-order valence-corrected chi connectivity index (χ1v) is 7.06. The van der Waals surface area contributed by atoms with Crippen LogP contribution in [-0.4, -0.2) is 34.0 Å². The monoisotopic (exact) mass is 303 g/mol. The molecule has 0 aromatic heterocycles. The third kappa shape index (κ3) is 2.84. The van der Waals surface area contributed by atoms with Crippen LogP contribution < -0.4 is 5.32 Å². The van der Waals surface area contributed by atoms with Crippen LogP contribution >= 0.6 is 23.4 Å². The highest BCUT2D eigenvalue weighted by Crippen LogP contribution is 2.29. The lowest BCUT2D eigenvalue weighted by Gasteiger charge is -2.24. The summed E-state index contributed by atoms with van der Waals surface area (Å²) in [5.74, 6) is -1.67. The SMILES string of the molecule is O=C(N[C@]1(C(=O)O)CCSC1)c1cc(Cl)ccc1F. The molecule has 19 heavy (non-hydrogen) atoms. The number of amides is 1. The van der Waals surface area contributed by atoms with Gasteiger partial charge >= 0.3 is 5.97 Å². The van der Waals surface area contributed by atoms with E-state index >= 15 is 0 Å². The zero-order valence-electron chi connectivity index (χ0n) is 9.78. The minimum absolute atomic E-state index is 0.219. The second-order valence-corrected chi connectivity index (χ2v) is 5.81. The van der Waals surface area contributed by atoms with Crippen LogP contribution in [-0.2, 0) is 4.79 Å². The summed E-state index contributed by atoms with van der Waals surface area (Å²) < 4.78 is 13.5. The molecule has 0 aliphatic carbocycles. The molecule has 7 heteroatoms. The molecule has 1 fully saturated rings. The number of thioether (sulfide) groups is 1. The molecule has 0 bridgehead atoms. The van der Waals surface area contributed by atoms with E-state index in [0.29, 0.717) is 12.2 Å². The fraction of sp³-hybridized carbons (Fsp3) is 0.333. The number of hydrogen-bond donors (Lipinski definition) is 2. The predicted molar refractivity (Wildman–Crippen MR) is 71.2 cm³/mol. The first-order valence-electron chi connectivity index (χ1n) is 5.53. The molecule has 4 nitrogen and oxygen atoms in total. The van der Waals surface area contributed by atoms with E-state index in [0.717, 1.165) is 6.07 Å². The van der Waals surface area contributed by atoms with Gasteiger partial charge in [-0.05, 0) is 30.4 Å². The summed E-state index contributed by atoms with van der Waals surface area (Å²) in [6, 6.07) is 3.59. The Bertz CT molecular complexity index is 532. The number of halogens is 2. The number of carboxylic acid groups (broad SMARTS) is 1. The maximum Gasteiger partial charge on any atom is 0.330 e.